The van der Waals surface area contributed by atoms with Crippen LogP contribution in [0.5, 0.6) is 11.5 Å². The van der Waals surface area contributed by atoms with Crippen LogP contribution in [0, 0.1) is 0 Å². The third-order valence-electron chi connectivity index (χ3n) is 4.59. The molecule has 0 saturated carbocycles. The van der Waals surface area contributed by atoms with Gasteiger partial charge in [0.15, 0.2) is 17.1 Å². The number of nitrogens with zero attached hydrogens (tertiary/aromatic N) is 2. The molecule has 29 heavy (non-hydrogen) atoms. The van der Waals surface area contributed by atoms with Crippen molar-refractivity contribution in [1.82, 2.24) is 9.55 Å². The highest BCUT2D eigenvalue weighted by Crippen LogP contribution is 2.36. The van der Waals surface area contributed by atoms with E-state index in [9.17, 15) is 9.59 Å². The Morgan fingerprint density at radius 3 is 2.97 bits per heavy atom. The van der Waals surface area contributed by atoms with Gasteiger partial charge in [-0.15, -0.1) is 11.3 Å². The largest absolute Gasteiger partial charge is 0.454 e. The summed E-state index contributed by atoms with van der Waals surface area (Å²) in [6.45, 7) is 0.222. The molecule has 0 spiro atoms. The Labute approximate surface area is 168 Å². The van der Waals surface area contributed by atoms with Crippen LogP contribution in [0.1, 0.15) is 5.69 Å². The van der Waals surface area contributed by atoms with Crippen LogP contribution < -0.4 is 20.5 Å². The summed E-state index contributed by atoms with van der Waals surface area (Å²) in [4.78, 5) is 28.5. The highest BCUT2D eigenvalue weighted by molar-refractivity contribution is 7.13. The summed E-state index contributed by atoms with van der Waals surface area (Å²) in [5, 5.41) is 5.48. The summed E-state index contributed by atoms with van der Waals surface area (Å²) in [6, 6.07) is 10.7. The topological polar surface area (TPSA) is 95.6 Å². The zero-order valence-corrected chi connectivity index (χ0v) is 16.1. The molecule has 1 N–H and O–H groups in total. The van der Waals surface area contributed by atoms with Crippen LogP contribution in [0.3, 0.4) is 0 Å². The first kappa shape index (κ1) is 17.5. The highest BCUT2D eigenvalue weighted by atomic mass is 32.1. The molecule has 0 bridgehead atoms. The average molecular weight is 409 g/mol. The van der Waals surface area contributed by atoms with E-state index < -0.39 is 5.76 Å². The first-order chi connectivity index (χ1) is 14.1. The van der Waals surface area contributed by atoms with E-state index in [1.807, 2.05) is 23.6 Å². The molecule has 4 aromatic rings. The number of oxazole rings is 1. The van der Waals surface area contributed by atoms with Crippen LogP contribution in [0.2, 0.25) is 0 Å². The zero-order chi connectivity index (χ0) is 20.0. The fourth-order valence-electron chi connectivity index (χ4n) is 3.13. The zero-order valence-electron chi connectivity index (χ0n) is 15.3. The molecular formula is C20H15N3O5S. The van der Waals surface area contributed by atoms with Gasteiger partial charge in [0, 0.05) is 29.7 Å². The summed E-state index contributed by atoms with van der Waals surface area (Å²) in [6.07, 6.45) is 0.137. The monoisotopic (exact) mass is 409 g/mol. The van der Waals surface area contributed by atoms with E-state index in [2.05, 4.69) is 10.3 Å². The summed E-state index contributed by atoms with van der Waals surface area (Å²) < 4.78 is 17.3. The van der Waals surface area contributed by atoms with E-state index in [1.165, 1.54) is 15.9 Å². The number of nitrogens with one attached hydrogen (secondary N) is 1. The van der Waals surface area contributed by atoms with Gasteiger partial charge in [-0.25, -0.2) is 9.78 Å². The maximum absolute atomic E-state index is 12.4. The van der Waals surface area contributed by atoms with Crippen molar-refractivity contribution in [2.75, 3.05) is 12.1 Å². The molecular weight excluding hydrogens is 394 g/mol. The number of aromatic nitrogens is 2. The third-order valence-corrected chi connectivity index (χ3v) is 5.53. The molecule has 8 nitrogen and oxygen atoms in total. The normalized spacial score (nSPS) is 12.4. The van der Waals surface area contributed by atoms with Crippen LogP contribution in [0.4, 0.5) is 5.69 Å². The lowest BCUT2D eigenvalue weighted by molar-refractivity contribution is -0.115. The van der Waals surface area contributed by atoms with Gasteiger partial charge in [0.05, 0.1) is 17.6 Å². The quantitative estimate of drug-likeness (QED) is 0.556. The SMILES string of the molecule is Cn1c(=O)oc2cc(NC(=O)Cc3csc(-c4ccc5c(c4)OCO5)n3)ccc21. The van der Waals surface area contributed by atoms with Crippen LogP contribution in [0.25, 0.3) is 21.7 Å². The van der Waals surface area contributed by atoms with E-state index in [1.54, 1.807) is 25.2 Å². The minimum absolute atomic E-state index is 0.137. The van der Waals surface area contributed by atoms with E-state index >= 15 is 0 Å². The van der Waals surface area contributed by atoms with E-state index in [-0.39, 0.29) is 19.1 Å². The molecule has 3 heterocycles. The average Bonchev–Trinajstić information content (AvgIpc) is 3.41. The second-order valence-electron chi connectivity index (χ2n) is 6.55. The molecule has 0 fully saturated rings. The fraction of sp³-hybridized carbons (Fsp3) is 0.150. The molecule has 9 heteroatoms. The molecule has 2 aromatic carbocycles. The molecule has 0 aliphatic carbocycles. The Bertz CT molecular complexity index is 1300. The van der Waals surface area contributed by atoms with Crippen LogP contribution in [-0.4, -0.2) is 22.3 Å². The number of benzene rings is 2. The summed E-state index contributed by atoms with van der Waals surface area (Å²) in [5.41, 5.74) is 3.24. The lowest BCUT2D eigenvalue weighted by atomic mass is 10.2. The Hall–Kier alpha value is -3.59. The molecule has 5 rings (SSSR count). The number of carbonyl (C=O) groups is 1. The van der Waals surface area contributed by atoms with Crippen molar-refractivity contribution in [1.29, 1.82) is 0 Å². The minimum Gasteiger partial charge on any atom is -0.454 e. The minimum atomic E-state index is -0.443. The fourth-order valence-corrected chi connectivity index (χ4v) is 3.95. The van der Waals surface area contributed by atoms with E-state index in [0.29, 0.717) is 28.2 Å². The number of ether oxygens (including phenoxy) is 2. The lowest BCUT2D eigenvalue weighted by Gasteiger charge is -2.04. The van der Waals surface area contributed by atoms with Crippen molar-refractivity contribution in [3.8, 4) is 22.1 Å². The number of thiazole rings is 1. The maximum Gasteiger partial charge on any atom is 0.419 e. The predicted octanol–water partition coefficient (Wildman–Crippen LogP) is 3.16. The van der Waals surface area contributed by atoms with Crippen molar-refractivity contribution < 1.29 is 18.7 Å². The first-order valence-electron chi connectivity index (χ1n) is 8.81. The van der Waals surface area contributed by atoms with Gasteiger partial charge in [-0.1, -0.05) is 0 Å². The van der Waals surface area contributed by atoms with Gasteiger partial charge in [0.2, 0.25) is 12.7 Å². The Balaban J connectivity index is 1.29. The van der Waals surface area contributed by atoms with Crippen molar-refractivity contribution in [3.05, 3.63) is 58.0 Å². The molecule has 0 saturated heterocycles. The predicted molar refractivity (Wildman–Crippen MR) is 107 cm³/mol. The van der Waals surface area contributed by atoms with Crippen LogP contribution in [-0.2, 0) is 18.3 Å². The molecule has 1 aliphatic heterocycles. The van der Waals surface area contributed by atoms with Gasteiger partial charge in [-0.3, -0.25) is 9.36 Å². The molecule has 1 aliphatic rings. The number of amides is 1. The highest BCUT2D eigenvalue weighted by Gasteiger charge is 2.16. The number of hydrogen-bond acceptors (Lipinski definition) is 7. The summed E-state index contributed by atoms with van der Waals surface area (Å²) >= 11 is 1.46. The molecule has 0 unspecified atom stereocenters. The van der Waals surface area contributed by atoms with Gasteiger partial charge >= 0.3 is 5.76 Å². The standard InChI is InChI=1S/C20H15N3O5S/c1-23-14-4-3-12(7-16(14)28-20(23)25)21-18(24)8-13-9-29-19(22-13)11-2-5-15-17(6-11)27-10-26-15/h2-7,9H,8,10H2,1H3,(H,21,24). The van der Waals surface area contributed by atoms with Gasteiger partial charge in [-0.2, -0.15) is 0 Å². The molecule has 0 atom stereocenters. The summed E-state index contributed by atoms with van der Waals surface area (Å²) in [5.74, 6) is 0.767. The first-order valence-corrected chi connectivity index (χ1v) is 9.69. The molecule has 146 valence electrons. The number of hydrogen-bond donors (Lipinski definition) is 1. The number of aryl methyl sites for hydroxylation is 1. The Morgan fingerprint density at radius 2 is 2.07 bits per heavy atom. The van der Waals surface area contributed by atoms with Crippen molar-refractivity contribution in [2.24, 2.45) is 7.05 Å². The van der Waals surface area contributed by atoms with Crippen molar-refractivity contribution in [2.45, 2.75) is 6.42 Å². The van der Waals surface area contributed by atoms with Crippen molar-refractivity contribution >= 4 is 34.0 Å². The second-order valence-corrected chi connectivity index (χ2v) is 7.40. The second kappa shape index (κ2) is 6.78. The van der Waals surface area contributed by atoms with Gasteiger partial charge in [-0.05, 0) is 30.3 Å². The molecule has 1 amide bonds. The summed E-state index contributed by atoms with van der Waals surface area (Å²) in [7, 11) is 1.63. The number of anilines is 1. The third kappa shape index (κ3) is 3.25. The van der Waals surface area contributed by atoms with E-state index in [4.69, 9.17) is 13.9 Å². The number of rotatable bonds is 4. The molecule has 2 aromatic heterocycles. The smallest absolute Gasteiger partial charge is 0.419 e. The Kier molecular flexibility index (Phi) is 4.09. The van der Waals surface area contributed by atoms with E-state index in [0.717, 1.165) is 16.3 Å². The van der Waals surface area contributed by atoms with Gasteiger partial charge in [0.25, 0.3) is 0 Å². The van der Waals surface area contributed by atoms with Crippen LogP contribution in [0.15, 0.2) is 51.0 Å². The van der Waals surface area contributed by atoms with Crippen LogP contribution >= 0.6 is 11.3 Å². The van der Waals surface area contributed by atoms with Gasteiger partial charge < -0.3 is 19.2 Å². The van der Waals surface area contributed by atoms with Gasteiger partial charge in [0.1, 0.15) is 5.01 Å². The lowest BCUT2D eigenvalue weighted by Crippen LogP contribution is -2.14. The maximum atomic E-state index is 12.4. The number of carbonyl (C=O) groups excluding carboxylic acids is 1. The Morgan fingerprint density at radius 1 is 1.21 bits per heavy atom. The molecule has 0 radical (unpaired) electrons. The van der Waals surface area contributed by atoms with Crippen molar-refractivity contribution in [3.63, 3.8) is 0 Å². The number of fused-ring (bicyclic) bond motifs is 2.